The molecular formula is C18H27NO. The molecule has 0 bridgehead atoms. The zero-order valence-electron chi connectivity index (χ0n) is 12.5. The van der Waals surface area contributed by atoms with E-state index in [0.29, 0.717) is 18.0 Å². The second-order valence-corrected chi connectivity index (χ2v) is 6.64. The van der Waals surface area contributed by atoms with Gasteiger partial charge >= 0.3 is 0 Å². The van der Waals surface area contributed by atoms with Gasteiger partial charge in [0, 0.05) is 12.1 Å². The smallest absolute Gasteiger partial charge is 0.0695 e. The van der Waals surface area contributed by atoms with Gasteiger partial charge in [-0.2, -0.15) is 0 Å². The van der Waals surface area contributed by atoms with Crippen molar-refractivity contribution in [3.05, 3.63) is 35.9 Å². The third kappa shape index (κ3) is 2.91. The molecule has 1 aliphatic carbocycles. The Labute approximate surface area is 122 Å². The normalized spacial score (nSPS) is 35.9. The van der Waals surface area contributed by atoms with Gasteiger partial charge in [0.25, 0.3) is 0 Å². The molecule has 0 aromatic heterocycles. The number of piperidine rings is 1. The molecule has 1 aliphatic heterocycles. The highest BCUT2D eigenvalue weighted by molar-refractivity contribution is 5.20. The van der Waals surface area contributed by atoms with Crippen LogP contribution in [-0.4, -0.2) is 34.7 Å². The zero-order valence-corrected chi connectivity index (χ0v) is 12.5. The van der Waals surface area contributed by atoms with Crippen LogP contribution in [0, 0.1) is 0 Å². The summed E-state index contributed by atoms with van der Waals surface area (Å²) in [7, 11) is 0. The van der Waals surface area contributed by atoms with Crippen LogP contribution in [0.1, 0.15) is 56.9 Å². The Morgan fingerprint density at radius 3 is 2.60 bits per heavy atom. The van der Waals surface area contributed by atoms with Crippen molar-refractivity contribution in [2.24, 2.45) is 0 Å². The largest absolute Gasteiger partial charge is 0.391 e. The van der Waals surface area contributed by atoms with E-state index in [1.54, 1.807) is 0 Å². The molecule has 2 heteroatoms. The Morgan fingerprint density at radius 1 is 1.05 bits per heavy atom. The highest BCUT2D eigenvalue weighted by Crippen LogP contribution is 2.37. The van der Waals surface area contributed by atoms with Crippen LogP contribution in [0.3, 0.4) is 0 Å². The summed E-state index contributed by atoms with van der Waals surface area (Å²) < 4.78 is 0. The van der Waals surface area contributed by atoms with Crippen molar-refractivity contribution < 1.29 is 5.11 Å². The number of hydrogen-bond acceptors (Lipinski definition) is 2. The number of aliphatic hydroxyl groups excluding tert-OH is 1. The van der Waals surface area contributed by atoms with Gasteiger partial charge in [0.15, 0.2) is 0 Å². The first kappa shape index (κ1) is 14.1. The van der Waals surface area contributed by atoms with Crippen molar-refractivity contribution in [2.75, 3.05) is 6.54 Å². The van der Waals surface area contributed by atoms with Crippen LogP contribution in [0.2, 0.25) is 0 Å². The SMILES string of the molecule is CC1CCCCN1C1CC(c2ccccc2)CCC1O. The molecule has 4 unspecified atom stereocenters. The second kappa shape index (κ2) is 6.28. The molecule has 2 aliphatic rings. The first-order valence-corrected chi connectivity index (χ1v) is 8.24. The maximum atomic E-state index is 10.5. The van der Waals surface area contributed by atoms with Crippen LogP contribution >= 0.6 is 0 Å². The lowest BCUT2D eigenvalue weighted by Gasteiger charge is -2.45. The van der Waals surface area contributed by atoms with Gasteiger partial charge in [-0.1, -0.05) is 36.8 Å². The number of benzene rings is 1. The molecule has 1 saturated heterocycles. The summed E-state index contributed by atoms with van der Waals surface area (Å²) in [5, 5.41) is 10.5. The van der Waals surface area contributed by atoms with E-state index in [4.69, 9.17) is 0 Å². The van der Waals surface area contributed by atoms with E-state index in [1.165, 1.54) is 31.4 Å². The number of hydrogen-bond donors (Lipinski definition) is 1. The molecule has 1 aromatic carbocycles. The molecule has 1 saturated carbocycles. The Balaban J connectivity index is 1.73. The van der Waals surface area contributed by atoms with E-state index >= 15 is 0 Å². The van der Waals surface area contributed by atoms with Crippen molar-refractivity contribution in [3.63, 3.8) is 0 Å². The summed E-state index contributed by atoms with van der Waals surface area (Å²) in [6, 6.07) is 11.9. The molecule has 1 heterocycles. The van der Waals surface area contributed by atoms with Gasteiger partial charge in [0.2, 0.25) is 0 Å². The number of nitrogens with zero attached hydrogens (tertiary/aromatic N) is 1. The Morgan fingerprint density at radius 2 is 1.85 bits per heavy atom. The topological polar surface area (TPSA) is 23.5 Å². The van der Waals surface area contributed by atoms with Gasteiger partial charge < -0.3 is 5.11 Å². The van der Waals surface area contributed by atoms with Gasteiger partial charge in [0.05, 0.1) is 6.10 Å². The van der Waals surface area contributed by atoms with Crippen molar-refractivity contribution >= 4 is 0 Å². The number of rotatable bonds is 2. The highest BCUT2D eigenvalue weighted by atomic mass is 16.3. The second-order valence-electron chi connectivity index (χ2n) is 6.64. The van der Waals surface area contributed by atoms with Gasteiger partial charge in [-0.15, -0.1) is 0 Å². The molecule has 0 spiro atoms. The molecule has 2 nitrogen and oxygen atoms in total. The minimum absolute atomic E-state index is 0.129. The van der Waals surface area contributed by atoms with Crippen LogP contribution in [0.25, 0.3) is 0 Å². The summed E-state index contributed by atoms with van der Waals surface area (Å²) in [6.45, 7) is 3.50. The third-order valence-corrected chi connectivity index (χ3v) is 5.33. The van der Waals surface area contributed by atoms with Gasteiger partial charge in [-0.3, -0.25) is 4.90 Å². The molecule has 1 aromatic rings. The Bertz CT molecular complexity index is 419. The highest BCUT2D eigenvalue weighted by Gasteiger charge is 2.36. The van der Waals surface area contributed by atoms with Crippen molar-refractivity contribution in [3.8, 4) is 0 Å². The van der Waals surface area contributed by atoms with E-state index in [-0.39, 0.29) is 6.10 Å². The maximum Gasteiger partial charge on any atom is 0.0695 e. The quantitative estimate of drug-likeness (QED) is 0.890. The fourth-order valence-electron chi connectivity index (χ4n) is 4.13. The lowest BCUT2D eigenvalue weighted by Crippen LogP contribution is -2.52. The van der Waals surface area contributed by atoms with Crippen molar-refractivity contribution in [1.82, 2.24) is 4.90 Å². The van der Waals surface area contributed by atoms with Gasteiger partial charge in [0.1, 0.15) is 0 Å². The van der Waals surface area contributed by atoms with E-state index in [1.807, 2.05) is 0 Å². The molecule has 20 heavy (non-hydrogen) atoms. The molecule has 4 atom stereocenters. The predicted octanol–water partition coefficient (Wildman–Crippen LogP) is 3.56. The minimum atomic E-state index is -0.129. The number of aliphatic hydroxyl groups is 1. The van der Waals surface area contributed by atoms with Gasteiger partial charge in [-0.05, 0) is 57.1 Å². The first-order chi connectivity index (χ1) is 9.75. The molecule has 2 fully saturated rings. The van der Waals surface area contributed by atoms with Crippen molar-refractivity contribution in [2.45, 2.75) is 69.6 Å². The summed E-state index contributed by atoms with van der Waals surface area (Å²) in [4.78, 5) is 2.59. The summed E-state index contributed by atoms with van der Waals surface area (Å²) >= 11 is 0. The lowest BCUT2D eigenvalue weighted by molar-refractivity contribution is -0.0157. The summed E-state index contributed by atoms with van der Waals surface area (Å²) in [5.41, 5.74) is 1.45. The molecule has 110 valence electrons. The van der Waals surface area contributed by atoms with E-state index in [9.17, 15) is 5.11 Å². The zero-order chi connectivity index (χ0) is 13.9. The standard InChI is InChI=1S/C18H27NO/c1-14-7-5-6-12-19(14)17-13-16(10-11-18(17)20)15-8-3-2-4-9-15/h2-4,8-9,14,16-18,20H,5-7,10-13H2,1H3. The lowest BCUT2D eigenvalue weighted by atomic mass is 9.78. The van der Waals surface area contributed by atoms with Crippen LogP contribution in [0.4, 0.5) is 0 Å². The average Bonchev–Trinajstić information content (AvgIpc) is 2.49. The van der Waals surface area contributed by atoms with Crippen molar-refractivity contribution in [1.29, 1.82) is 0 Å². The fourth-order valence-corrected chi connectivity index (χ4v) is 4.13. The Hall–Kier alpha value is -0.860. The molecular weight excluding hydrogens is 246 g/mol. The summed E-state index contributed by atoms with van der Waals surface area (Å²) in [6.07, 6.45) is 7.01. The number of likely N-dealkylation sites (tertiary alicyclic amines) is 1. The third-order valence-electron chi connectivity index (χ3n) is 5.33. The van der Waals surface area contributed by atoms with Crippen LogP contribution in [-0.2, 0) is 0 Å². The molecule has 0 radical (unpaired) electrons. The maximum absolute atomic E-state index is 10.5. The predicted molar refractivity (Wildman–Crippen MR) is 82.8 cm³/mol. The Kier molecular flexibility index (Phi) is 4.42. The van der Waals surface area contributed by atoms with E-state index in [2.05, 4.69) is 42.2 Å². The molecule has 0 amide bonds. The molecule has 1 N–H and O–H groups in total. The molecule has 3 rings (SSSR count). The average molecular weight is 273 g/mol. The van der Waals surface area contributed by atoms with Crippen LogP contribution < -0.4 is 0 Å². The van der Waals surface area contributed by atoms with Crippen LogP contribution in [0.5, 0.6) is 0 Å². The van der Waals surface area contributed by atoms with E-state index < -0.39 is 0 Å². The van der Waals surface area contributed by atoms with E-state index in [0.717, 1.165) is 19.3 Å². The monoisotopic (exact) mass is 273 g/mol. The minimum Gasteiger partial charge on any atom is -0.391 e. The van der Waals surface area contributed by atoms with Crippen LogP contribution in [0.15, 0.2) is 30.3 Å². The fraction of sp³-hybridized carbons (Fsp3) is 0.667. The first-order valence-electron chi connectivity index (χ1n) is 8.24. The van der Waals surface area contributed by atoms with Gasteiger partial charge in [-0.25, -0.2) is 0 Å². The summed E-state index contributed by atoms with van der Waals surface area (Å²) in [5.74, 6) is 0.624.